The smallest absolute Gasteiger partial charge is 0.337 e. The van der Waals surface area contributed by atoms with E-state index in [9.17, 15) is 4.79 Å². The number of anilines is 2. The third kappa shape index (κ3) is 1.56. The van der Waals surface area contributed by atoms with Crippen LogP contribution in [0.1, 0.15) is 0 Å². The molecule has 0 unspecified atom stereocenters. The van der Waals surface area contributed by atoms with Crippen molar-refractivity contribution in [3.63, 3.8) is 0 Å². The Morgan fingerprint density at radius 2 is 2.25 bits per heavy atom. The minimum Gasteiger partial charge on any atom is -0.337 e. The van der Waals surface area contributed by atoms with E-state index < -0.39 is 5.69 Å². The molecule has 2 aromatic rings. The molecule has 2 N–H and O–H groups in total. The predicted octanol–water partition coefficient (Wildman–Crippen LogP) is 2.03. The number of fused-ring (bicyclic) bond motifs is 2. The van der Waals surface area contributed by atoms with Crippen LogP contribution in [0.5, 0.6) is 0 Å². The quantitative estimate of drug-likeness (QED) is 0.641. The molecule has 2 heterocycles. The van der Waals surface area contributed by atoms with Gasteiger partial charge in [0.2, 0.25) is 0 Å². The van der Waals surface area contributed by atoms with E-state index in [-0.39, 0.29) is 0 Å². The van der Waals surface area contributed by atoms with Crippen molar-refractivity contribution in [2.75, 3.05) is 5.32 Å². The van der Waals surface area contributed by atoms with E-state index in [1.54, 1.807) is 12.1 Å². The van der Waals surface area contributed by atoms with Crippen LogP contribution in [0, 0.1) is 0 Å². The highest BCUT2D eigenvalue weighted by Gasteiger charge is 2.18. The molecule has 16 heavy (non-hydrogen) atoms. The Morgan fingerprint density at radius 3 is 3.12 bits per heavy atom. The Hall–Kier alpha value is -1.53. The van der Waals surface area contributed by atoms with Gasteiger partial charge in [0, 0.05) is 9.92 Å². The van der Waals surface area contributed by atoms with Crippen LogP contribution < -0.4 is 11.0 Å². The van der Waals surface area contributed by atoms with Crippen LogP contribution in [0.25, 0.3) is 0 Å². The summed E-state index contributed by atoms with van der Waals surface area (Å²) in [6.45, 7) is 0. The first-order valence-electron chi connectivity index (χ1n) is 4.43. The van der Waals surface area contributed by atoms with Crippen molar-refractivity contribution in [3.8, 4) is 0 Å². The summed E-state index contributed by atoms with van der Waals surface area (Å²) in [5, 5.41) is 10.5. The lowest BCUT2D eigenvalue weighted by atomic mass is 10.3. The lowest BCUT2D eigenvalue weighted by Gasteiger charge is -2.17. The topological polar surface area (TPSA) is 70.7 Å². The molecule has 0 saturated carbocycles. The molecule has 0 fully saturated rings. The number of aromatic nitrogens is 3. The molecule has 1 aromatic heterocycles. The average Bonchev–Trinajstić information content (AvgIpc) is 2.26. The van der Waals surface area contributed by atoms with Gasteiger partial charge in [0.15, 0.2) is 10.8 Å². The fourth-order valence-corrected chi connectivity index (χ4v) is 2.42. The minimum atomic E-state index is -0.475. The van der Waals surface area contributed by atoms with Crippen LogP contribution in [0.2, 0.25) is 5.02 Å². The summed E-state index contributed by atoms with van der Waals surface area (Å²) in [5.41, 5.74) is 0.363. The van der Waals surface area contributed by atoms with Crippen LogP contribution in [-0.4, -0.2) is 15.2 Å². The van der Waals surface area contributed by atoms with E-state index in [2.05, 4.69) is 20.5 Å². The van der Waals surface area contributed by atoms with Crippen molar-refractivity contribution in [2.24, 2.45) is 0 Å². The highest BCUT2D eigenvalue weighted by Crippen LogP contribution is 2.41. The largest absolute Gasteiger partial charge is 0.363 e. The highest BCUT2D eigenvalue weighted by atomic mass is 35.5. The van der Waals surface area contributed by atoms with Crippen molar-refractivity contribution in [1.29, 1.82) is 0 Å². The van der Waals surface area contributed by atoms with E-state index in [0.717, 1.165) is 10.6 Å². The molecule has 1 aliphatic rings. The molecular formula is C9H5ClN4OS. The summed E-state index contributed by atoms with van der Waals surface area (Å²) in [6, 6.07) is 5.49. The molecule has 0 bridgehead atoms. The Labute approximate surface area is 99.2 Å². The second-order valence-electron chi connectivity index (χ2n) is 3.16. The molecule has 1 aromatic carbocycles. The molecule has 5 nitrogen and oxygen atoms in total. The van der Waals surface area contributed by atoms with Gasteiger partial charge in [-0.3, -0.25) is 0 Å². The van der Waals surface area contributed by atoms with Crippen molar-refractivity contribution in [2.45, 2.75) is 9.92 Å². The summed E-state index contributed by atoms with van der Waals surface area (Å²) >= 11 is 7.32. The van der Waals surface area contributed by atoms with Gasteiger partial charge >= 0.3 is 5.69 Å². The minimum absolute atomic E-state index is 0.462. The van der Waals surface area contributed by atoms with Gasteiger partial charge in [0.1, 0.15) is 0 Å². The molecule has 0 radical (unpaired) electrons. The first-order valence-corrected chi connectivity index (χ1v) is 5.63. The van der Waals surface area contributed by atoms with E-state index in [1.807, 2.05) is 6.07 Å². The number of H-pyrrole nitrogens is 1. The number of hydrogen-bond acceptors (Lipinski definition) is 5. The Morgan fingerprint density at radius 1 is 1.38 bits per heavy atom. The summed E-state index contributed by atoms with van der Waals surface area (Å²) in [5.74, 6) is 0.462. The highest BCUT2D eigenvalue weighted by molar-refractivity contribution is 7.99. The molecule has 7 heteroatoms. The first kappa shape index (κ1) is 9.68. The monoisotopic (exact) mass is 252 g/mol. The second-order valence-corrected chi connectivity index (χ2v) is 4.63. The number of hydrogen-bond donors (Lipinski definition) is 2. The van der Waals surface area contributed by atoms with Gasteiger partial charge in [0.25, 0.3) is 0 Å². The number of nitrogens with zero attached hydrogens (tertiary/aromatic N) is 2. The van der Waals surface area contributed by atoms with Gasteiger partial charge in [-0.1, -0.05) is 23.4 Å². The van der Waals surface area contributed by atoms with E-state index in [1.165, 1.54) is 11.8 Å². The summed E-state index contributed by atoms with van der Waals surface area (Å²) in [4.78, 5) is 15.8. The summed E-state index contributed by atoms with van der Waals surface area (Å²) in [6.07, 6.45) is 0. The van der Waals surface area contributed by atoms with Gasteiger partial charge in [-0.25, -0.2) is 9.89 Å². The Bertz CT molecular complexity index is 627. The van der Waals surface area contributed by atoms with Crippen molar-refractivity contribution < 1.29 is 0 Å². The molecular weight excluding hydrogens is 248 g/mol. The molecule has 1 aliphatic heterocycles. The van der Waals surface area contributed by atoms with E-state index >= 15 is 0 Å². The lowest BCUT2D eigenvalue weighted by Crippen LogP contribution is -2.16. The fourth-order valence-electron chi connectivity index (χ4n) is 1.40. The lowest BCUT2D eigenvalue weighted by molar-refractivity contribution is 0.840. The zero-order chi connectivity index (χ0) is 11.1. The molecule has 80 valence electrons. The number of aromatic amines is 1. The molecule has 3 rings (SSSR count). The normalized spacial score (nSPS) is 12.6. The van der Waals surface area contributed by atoms with Crippen LogP contribution in [0.4, 0.5) is 11.5 Å². The van der Waals surface area contributed by atoms with E-state index in [0.29, 0.717) is 15.9 Å². The predicted molar refractivity (Wildman–Crippen MR) is 61.5 cm³/mol. The third-order valence-corrected chi connectivity index (χ3v) is 3.36. The molecule has 0 amide bonds. The number of halogens is 1. The van der Waals surface area contributed by atoms with Crippen LogP contribution >= 0.6 is 23.4 Å². The van der Waals surface area contributed by atoms with Gasteiger partial charge < -0.3 is 5.32 Å². The SMILES string of the molecule is O=c1nc2c(n[nH]1)Sc1ccc(Cl)cc1N2. The zero-order valence-corrected chi connectivity index (χ0v) is 9.39. The molecule has 0 atom stereocenters. The standard InChI is InChI=1S/C9H5ClN4OS/c10-4-1-2-6-5(3-4)11-7-8(16-6)13-14-9(15)12-7/h1-3H,(H2,11,12,14,15). The molecule has 0 aliphatic carbocycles. The average molecular weight is 253 g/mol. The van der Waals surface area contributed by atoms with Gasteiger partial charge in [-0.15, -0.1) is 0 Å². The van der Waals surface area contributed by atoms with Gasteiger partial charge in [0.05, 0.1) is 5.69 Å². The maximum atomic E-state index is 11.0. The van der Waals surface area contributed by atoms with E-state index in [4.69, 9.17) is 11.6 Å². The van der Waals surface area contributed by atoms with Crippen LogP contribution in [-0.2, 0) is 0 Å². The van der Waals surface area contributed by atoms with Crippen molar-refractivity contribution in [3.05, 3.63) is 33.7 Å². The fraction of sp³-hybridized carbons (Fsp3) is 0. The maximum Gasteiger partial charge on any atom is 0.363 e. The summed E-state index contributed by atoms with van der Waals surface area (Å²) < 4.78 is 0. The Kier molecular flexibility index (Phi) is 2.12. The number of nitrogens with one attached hydrogen (secondary N) is 2. The van der Waals surface area contributed by atoms with Crippen molar-refractivity contribution >= 4 is 34.9 Å². The van der Waals surface area contributed by atoms with Gasteiger partial charge in [-0.2, -0.15) is 10.1 Å². The van der Waals surface area contributed by atoms with Crippen molar-refractivity contribution in [1.82, 2.24) is 15.2 Å². The Balaban J connectivity index is 2.13. The molecule has 0 saturated heterocycles. The second kappa shape index (κ2) is 3.50. The third-order valence-electron chi connectivity index (χ3n) is 2.07. The van der Waals surface area contributed by atoms with Crippen LogP contribution in [0.3, 0.4) is 0 Å². The number of benzene rings is 1. The maximum absolute atomic E-state index is 11.0. The molecule has 0 spiro atoms. The van der Waals surface area contributed by atoms with Crippen LogP contribution in [0.15, 0.2) is 32.9 Å². The number of rotatable bonds is 0. The summed E-state index contributed by atoms with van der Waals surface area (Å²) in [7, 11) is 0. The van der Waals surface area contributed by atoms with Gasteiger partial charge in [-0.05, 0) is 18.2 Å². The first-order chi connectivity index (χ1) is 7.72. The zero-order valence-electron chi connectivity index (χ0n) is 7.82.